The number of ether oxygens (including phenoxy) is 3. The first-order valence-electron chi connectivity index (χ1n) is 8.06. The zero-order valence-electron chi connectivity index (χ0n) is 15.3. The molecule has 0 heterocycles. The minimum absolute atomic E-state index is 0.219. The molecule has 2 aromatic carbocycles. The van der Waals surface area contributed by atoms with E-state index in [0.29, 0.717) is 41.0 Å². The first kappa shape index (κ1) is 19.7. The summed E-state index contributed by atoms with van der Waals surface area (Å²) in [6, 6.07) is 10.7. The second-order valence-corrected chi connectivity index (χ2v) is 6.16. The minimum atomic E-state index is -0.219. The molecule has 0 aliphatic rings. The Hall–Kier alpha value is -2.60. The van der Waals surface area contributed by atoms with Crippen LogP contribution < -0.4 is 19.5 Å². The van der Waals surface area contributed by atoms with E-state index in [1.165, 1.54) is 4.90 Å². The van der Waals surface area contributed by atoms with Crippen LogP contribution in [0.3, 0.4) is 0 Å². The summed E-state index contributed by atoms with van der Waals surface area (Å²) in [5.74, 6) is 1.94. The van der Waals surface area contributed by atoms with Crippen molar-refractivity contribution in [1.82, 2.24) is 4.90 Å². The Morgan fingerprint density at radius 3 is 2.35 bits per heavy atom. The van der Waals surface area contributed by atoms with Crippen molar-refractivity contribution in [2.75, 3.05) is 40.2 Å². The Morgan fingerprint density at radius 1 is 1.04 bits per heavy atom. The van der Waals surface area contributed by atoms with Gasteiger partial charge in [-0.1, -0.05) is 17.7 Å². The van der Waals surface area contributed by atoms with Gasteiger partial charge < -0.3 is 24.4 Å². The number of nitrogens with one attached hydrogen (secondary N) is 1. The van der Waals surface area contributed by atoms with Crippen molar-refractivity contribution >= 4 is 23.3 Å². The van der Waals surface area contributed by atoms with Crippen molar-refractivity contribution in [3.05, 3.63) is 47.0 Å². The smallest absolute Gasteiger partial charge is 0.321 e. The molecule has 2 rings (SSSR count). The molecule has 0 atom stereocenters. The first-order valence-corrected chi connectivity index (χ1v) is 8.44. The van der Waals surface area contributed by atoms with Crippen LogP contribution in [0.25, 0.3) is 0 Å². The summed E-state index contributed by atoms with van der Waals surface area (Å²) < 4.78 is 16.3. The fourth-order valence-electron chi connectivity index (χ4n) is 2.25. The van der Waals surface area contributed by atoms with E-state index in [1.807, 2.05) is 18.2 Å². The van der Waals surface area contributed by atoms with Crippen molar-refractivity contribution in [2.24, 2.45) is 0 Å². The highest BCUT2D eigenvalue weighted by Gasteiger charge is 2.08. The van der Waals surface area contributed by atoms with Gasteiger partial charge in [0.2, 0.25) is 0 Å². The maximum absolute atomic E-state index is 11.7. The van der Waals surface area contributed by atoms with Gasteiger partial charge in [0, 0.05) is 26.2 Å². The number of amides is 2. The molecule has 0 fully saturated rings. The fourth-order valence-corrected chi connectivity index (χ4v) is 2.48. The zero-order chi connectivity index (χ0) is 19.1. The van der Waals surface area contributed by atoms with Gasteiger partial charge >= 0.3 is 6.03 Å². The normalized spacial score (nSPS) is 10.2. The zero-order valence-corrected chi connectivity index (χ0v) is 16.1. The van der Waals surface area contributed by atoms with E-state index in [0.717, 1.165) is 5.56 Å². The molecule has 0 radical (unpaired) electrons. The maximum Gasteiger partial charge on any atom is 0.321 e. The van der Waals surface area contributed by atoms with E-state index >= 15 is 0 Å². The summed E-state index contributed by atoms with van der Waals surface area (Å²) in [4.78, 5) is 13.1. The Labute approximate surface area is 158 Å². The van der Waals surface area contributed by atoms with Gasteiger partial charge in [-0.15, -0.1) is 0 Å². The summed E-state index contributed by atoms with van der Waals surface area (Å²) in [7, 11) is 6.55. The van der Waals surface area contributed by atoms with E-state index in [9.17, 15) is 4.79 Å². The number of carbonyl (C=O) groups excluding carboxylic acids is 1. The van der Waals surface area contributed by atoms with Crippen molar-refractivity contribution in [3.63, 3.8) is 0 Å². The lowest BCUT2D eigenvalue weighted by atomic mass is 10.1. The third-order valence-electron chi connectivity index (χ3n) is 3.69. The van der Waals surface area contributed by atoms with Gasteiger partial charge in [-0.25, -0.2) is 4.79 Å². The van der Waals surface area contributed by atoms with Gasteiger partial charge in [-0.3, -0.25) is 0 Å². The molecule has 0 spiro atoms. The second-order valence-electron chi connectivity index (χ2n) is 5.76. The van der Waals surface area contributed by atoms with Crippen LogP contribution in [0.4, 0.5) is 10.5 Å². The van der Waals surface area contributed by atoms with E-state index in [2.05, 4.69) is 5.32 Å². The van der Waals surface area contributed by atoms with Gasteiger partial charge in [0.15, 0.2) is 11.5 Å². The molecule has 140 valence electrons. The van der Waals surface area contributed by atoms with Gasteiger partial charge in [-0.2, -0.15) is 0 Å². The SMILES string of the molecule is COc1ccc(CCOc2ccc(NC(=O)N(C)C)cc2Cl)cc1OC. The van der Waals surface area contributed by atoms with E-state index in [1.54, 1.807) is 46.5 Å². The van der Waals surface area contributed by atoms with E-state index in [-0.39, 0.29) is 6.03 Å². The molecule has 0 aliphatic heterocycles. The molecule has 6 nitrogen and oxygen atoms in total. The third-order valence-corrected chi connectivity index (χ3v) is 3.98. The lowest BCUT2D eigenvalue weighted by Gasteiger charge is -2.14. The van der Waals surface area contributed by atoms with Crippen LogP contribution in [0.1, 0.15) is 5.56 Å². The fraction of sp³-hybridized carbons (Fsp3) is 0.316. The maximum atomic E-state index is 11.7. The molecular formula is C19H23ClN2O4. The van der Waals surface area contributed by atoms with Gasteiger partial charge in [-0.05, 0) is 35.9 Å². The summed E-state index contributed by atoms with van der Waals surface area (Å²) in [5, 5.41) is 3.17. The van der Waals surface area contributed by atoms with Crippen LogP contribution in [0.15, 0.2) is 36.4 Å². The van der Waals surface area contributed by atoms with Crippen LogP contribution >= 0.6 is 11.6 Å². The van der Waals surface area contributed by atoms with Crippen LogP contribution in [-0.2, 0) is 6.42 Å². The number of hydrogen-bond donors (Lipinski definition) is 1. The Kier molecular flexibility index (Phi) is 6.97. The van der Waals surface area contributed by atoms with Crippen LogP contribution in [0.5, 0.6) is 17.2 Å². The molecular weight excluding hydrogens is 356 g/mol. The average molecular weight is 379 g/mol. The lowest BCUT2D eigenvalue weighted by molar-refractivity contribution is 0.230. The molecule has 2 amide bonds. The van der Waals surface area contributed by atoms with Crippen molar-refractivity contribution < 1.29 is 19.0 Å². The number of urea groups is 1. The summed E-state index contributed by atoms with van der Waals surface area (Å²) in [6.45, 7) is 0.457. The van der Waals surface area contributed by atoms with Gasteiger partial charge in [0.25, 0.3) is 0 Å². The first-order chi connectivity index (χ1) is 12.4. The average Bonchev–Trinajstić information content (AvgIpc) is 2.63. The number of benzene rings is 2. The largest absolute Gasteiger partial charge is 0.493 e. The number of hydrogen-bond acceptors (Lipinski definition) is 4. The number of halogens is 1. The Morgan fingerprint density at radius 2 is 1.73 bits per heavy atom. The highest BCUT2D eigenvalue weighted by atomic mass is 35.5. The molecule has 1 N–H and O–H groups in total. The molecule has 0 unspecified atom stereocenters. The monoisotopic (exact) mass is 378 g/mol. The van der Waals surface area contributed by atoms with E-state index in [4.69, 9.17) is 25.8 Å². The van der Waals surface area contributed by atoms with Gasteiger partial charge in [0.05, 0.1) is 25.8 Å². The second kappa shape index (κ2) is 9.20. The predicted octanol–water partition coefficient (Wildman–Crippen LogP) is 4.07. The summed E-state index contributed by atoms with van der Waals surface area (Å²) in [5.41, 5.74) is 1.68. The van der Waals surface area contributed by atoms with Crippen LogP contribution in [0, 0.1) is 0 Å². The molecule has 0 aliphatic carbocycles. The quantitative estimate of drug-likeness (QED) is 0.788. The number of anilines is 1. The van der Waals surface area contributed by atoms with E-state index < -0.39 is 0 Å². The van der Waals surface area contributed by atoms with Crippen LogP contribution in [-0.4, -0.2) is 45.9 Å². The highest BCUT2D eigenvalue weighted by Crippen LogP contribution is 2.29. The number of carbonyl (C=O) groups is 1. The standard InChI is InChI=1S/C19H23ClN2O4/c1-22(2)19(23)21-14-6-8-16(15(20)12-14)26-10-9-13-5-7-17(24-3)18(11-13)25-4/h5-8,11-12H,9-10H2,1-4H3,(H,21,23). The molecule has 0 bridgehead atoms. The topological polar surface area (TPSA) is 60.0 Å². The van der Waals surface area contributed by atoms with Crippen LogP contribution in [0.2, 0.25) is 5.02 Å². The Balaban J connectivity index is 1.94. The van der Waals surface area contributed by atoms with Crippen molar-refractivity contribution in [2.45, 2.75) is 6.42 Å². The molecule has 0 saturated carbocycles. The molecule has 26 heavy (non-hydrogen) atoms. The molecule has 0 saturated heterocycles. The summed E-state index contributed by atoms with van der Waals surface area (Å²) >= 11 is 6.23. The molecule has 2 aromatic rings. The number of rotatable bonds is 7. The predicted molar refractivity (Wildman–Crippen MR) is 103 cm³/mol. The lowest BCUT2D eigenvalue weighted by Crippen LogP contribution is -2.27. The number of methoxy groups -OCH3 is 2. The molecule has 7 heteroatoms. The number of nitrogens with zero attached hydrogens (tertiary/aromatic N) is 1. The van der Waals surface area contributed by atoms with Crippen molar-refractivity contribution in [1.29, 1.82) is 0 Å². The third kappa shape index (κ3) is 5.20. The minimum Gasteiger partial charge on any atom is -0.493 e. The summed E-state index contributed by atoms with van der Waals surface area (Å²) in [6.07, 6.45) is 0.690. The molecule has 0 aromatic heterocycles. The van der Waals surface area contributed by atoms with Gasteiger partial charge in [0.1, 0.15) is 5.75 Å². The highest BCUT2D eigenvalue weighted by molar-refractivity contribution is 6.32. The van der Waals surface area contributed by atoms with Crippen molar-refractivity contribution in [3.8, 4) is 17.2 Å². The Bertz CT molecular complexity index is 765.